The van der Waals surface area contributed by atoms with Crippen molar-refractivity contribution < 1.29 is 9.90 Å². The van der Waals surface area contributed by atoms with Crippen molar-refractivity contribution in [3.8, 4) is 22.8 Å². The van der Waals surface area contributed by atoms with Crippen LogP contribution in [-0.2, 0) is 0 Å². The zero-order chi connectivity index (χ0) is 18.6. The van der Waals surface area contributed by atoms with Gasteiger partial charge in [-0.2, -0.15) is 0 Å². The molecule has 0 aliphatic carbocycles. The molecule has 0 aliphatic heterocycles. The van der Waals surface area contributed by atoms with E-state index in [2.05, 4.69) is 15.3 Å². The zero-order valence-electron chi connectivity index (χ0n) is 14.3. The van der Waals surface area contributed by atoms with Crippen molar-refractivity contribution in [3.05, 3.63) is 91.0 Å². The van der Waals surface area contributed by atoms with Gasteiger partial charge < -0.3 is 15.0 Å². The third-order valence-electron chi connectivity index (χ3n) is 4.05. The van der Waals surface area contributed by atoms with Crippen LogP contribution in [0.2, 0.25) is 0 Å². The van der Waals surface area contributed by atoms with Gasteiger partial charge in [-0.15, -0.1) is 0 Å². The molecule has 0 bridgehead atoms. The van der Waals surface area contributed by atoms with Crippen LogP contribution >= 0.6 is 0 Å². The molecule has 132 valence electrons. The normalized spacial score (nSPS) is 10.5. The van der Waals surface area contributed by atoms with E-state index in [9.17, 15) is 9.90 Å². The SMILES string of the molecule is O=C(Nc1cnc(-c2cccc(O)c2)nc1)c1ccc(-n2cccc2)cc1. The number of nitrogens with one attached hydrogen (secondary N) is 1. The summed E-state index contributed by atoms with van der Waals surface area (Å²) < 4.78 is 1.97. The highest BCUT2D eigenvalue weighted by atomic mass is 16.3. The Labute approximate surface area is 155 Å². The van der Waals surface area contributed by atoms with Gasteiger partial charge in [0.1, 0.15) is 5.75 Å². The Morgan fingerprint density at radius 1 is 0.926 bits per heavy atom. The minimum absolute atomic E-state index is 0.150. The van der Waals surface area contributed by atoms with Crippen LogP contribution in [0.3, 0.4) is 0 Å². The molecule has 4 rings (SSSR count). The van der Waals surface area contributed by atoms with Gasteiger partial charge in [0.2, 0.25) is 0 Å². The molecule has 6 nitrogen and oxygen atoms in total. The van der Waals surface area contributed by atoms with Crippen LogP contribution in [-0.4, -0.2) is 25.5 Å². The highest BCUT2D eigenvalue weighted by molar-refractivity contribution is 6.04. The van der Waals surface area contributed by atoms with Crippen molar-refractivity contribution in [2.45, 2.75) is 0 Å². The van der Waals surface area contributed by atoms with Gasteiger partial charge in [0.15, 0.2) is 5.82 Å². The summed E-state index contributed by atoms with van der Waals surface area (Å²) in [6.07, 6.45) is 6.97. The van der Waals surface area contributed by atoms with Crippen molar-refractivity contribution in [1.29, 1.82) is 0 Å². The highest BCUT2D eigenvalue weighted by Gasteiger charge is 2.08. The summed E-state index contributed by atoms with van der Waals surface area (Å²) in [7, 11) is 0. The molecule has 6 heteroatoms. The van der Waals surface area contributed by atoms with Crippen LogP contribution in [0.4, 0.5) is 5.69 Å². The van der Waals surface area contributed by atoms with E-state index in [1.165, 1.54) is 0 Å². The molecule has 27 heavy (non-hydrogen) atoms. The van der Waals surface area contributed by atoms with Crippen LogP contribution in [0.1, 0.15) is 10.4 Å². The number of phenols is 1. The Balaban J connectivity index is 1.46. The molecular weight excluding hydrogens is 340 g/mol. The van der Waals surface area contributed by atoms with E-state index in [4.69, 9.17) is 0 Å². The second kappa shape index (κ2) is 7.13. The maximum atomic E-state index is 12.4. The summed E-state index contributed by atoms with van der Waals surface area (Å²) >= 11 is 0. The number of phenolic OH excluding ortho intramolecular Hbond substituents is 1. The number of anilines is 1. The molecule has 2 aromatic carbocycles. The van der Waals surface area contributed by atoms with Gasteiger partial charge >= 0.3 is 0 Å². The fourth-order valence-corrected chi connectivity index (χ4v) is 2.68. The van der Waals surface area contributed by atoms with E-state index >= 15 is 0 Å². The van der Waals surface area contributed by atoms with Crippen molar-refractivity contribution in [2.24, 2.45) is 0 Å². The number of hydrogen-bond donors (Lipinski definition) is 2. The number of benzene rings is 2. The molecule has 1 amide bonds. The van der Waals surface area contributed by atoms with Crippen LogP contribution in [0.15, 0.2) is 85.5 Å². The fourth-order valence-electron chi connectivity index (χ4n) is 2.68. The van der Waals surface area contributed by atoms with Crippen molar-refractivity contribution in [2.75, 3.05) is 5.32 Å². The maximum absolute atomic E-state index is 12.4. The van der Waals surface area contributed by atoms with Gasteiger partial charge in [-0.3, -0.25) is 4.79 Å². The lowest BCUT2D eigenvalue weighted by Gasteiger charge is -2.07. The summed E-state index contributed by atoms with van der Waals surface area (Å²) in [6, 6.07) is 17.9. The molecule has 2 N–H and O–H groups in total. The first-order chi connectivity index (χ1) is 13.2. The summed E-state index contributed by atoms with van der Waals surface area (Å²) in [5.74, 6) is 0.388. The first kappa shape index (κ1) is 16.5. The first-order valence-corrected chi connectivity index (χ1v) is 8.35. The third-order valence-corrected chi connectivity index (χ3v) is 4.05. The molecule has 0 spiro atoms. The number of carbonyl (C=O) groups excluding carboxylic acids is 1. The molecule has 2 aromatic heterocycles. The number of rotatable bonds is 4. The monoisotopic (exact) mass is 356 g/mol. The Kier molecular flexibility index (Phi) is 4.37. The summed E-state index contributed by atoms with van der Waals surface area (Å²) in [4.78, 5) is 20.9. The number of amides is 1. The molecular formula is C21H16N4O2. The zero-order valence-corrected chi connectivity index (χ0v) is 14.3. The molecule has 0 unspecified atom stereocenters. The summed E-state index contributed by atoms with van der Waals surface area (Å²) in [5.41, 5.74) is 2.73. The second-order valence-corrected chi connectivity index (χ2v) is 5.94. The van der Waals surface area contributed by atoms with Crippen LogP contribution < -0.4 is 5.32 Å². The van der Waals surface area contributed by atoms with Crippen LogP contribution in [0, 0.1) is 0 Å². The Morgan fingerprint density at radius 2 is 1.63 bits per heavy atom. The molecule has 0 radical (unpaired) electrons. The minimum atomic E-state index is -0.234. The molecule has 4 aromatic rings. The van der Waals surface area contributed by atoms with Gasteiger partial charge in [0.05, 0.1) is 18.1 Å². The molecule has 2 heterocycles. The predicted molar refractivity (Wildman–Crippen MR) is 103 cm³/mol. The lowest BCUT2D eigenvalue weighted by molar-refractivity contribution is 0.102. The lowest BCUT2D eigenvalue weighted by atomic mass is 10.2. The summed E-state index contributed by atoms with van der Waals surface area (Å²) in [5, 5.41) is 12.3. The fraction of sp³-hybridized carbons (Fsp3) is 0. The number of nitrogens with zero attached hydrogens (tertiary/aromatic N) is 3. The average Bonchev–Trinajstić information content (AvgIpc) is 3.23. The second-order valence-electron chi connectivity index (χ2n) is 5.94. The lowest BCUT2D eigenvalue weighted by Crippen LogP contribution is -2.12. The van der Waals surface area contributed by atoms with Crippen molar-refractivity contribution in [1.82, 2.24) is 14.5 Å². The van der Waals surface area contributed by atoms with E-state index in [1.54, 1.807) is 48.8 Å². The topological polar surface area (TPSA) is 80.0 Å². The van der Waals surface area contributed by atoms with E-state index < -0.39 is 0 Å². The van der Waals surface area contributed by atoms with Gasteiger partial charge in [-0.05, 0) is 48.5 Å². The van der Waals surface area contributed by atoms with E-state index in [0.717, 1.165) is 5.69 Å². The maximum Gasteiger partial charge on any atom is 0.255 e. The largest absolute Gasteiger partial charge is 0.508 e. The molecule has 0 atom stereocenters. The van der Waals surface area contributed by atoms with E-state index in [1.807, 2.05) is 41.2 Å². The number of aromatic nitrogens is 3. The first-order valence-electron chi connectivity index (χ1n) is 8.35. The van der Waals surface area contributed by atoms with Crippen molar-refractivity contribution in [3.63, 3.8) is 0 Å². The average molecular weight is 356 g/mol. The molecule has 0 saturated carbocycles. The molecule has 0 fully saturated rings. The van der Waals surface area contributed by atoms with Gasteiger partial charge in [0, 0.05) is 29.2 Å². The number of carbonyl (C=O) groups is 1. The van der Waals surface area contributed by atoms with E-state index in [0.29, 0.717) is 22.6 Å². The molecule has 0 saturated heterocycles. The van der Waals surface area contributed by atoms with E-state index in [-0.39, 0.29) is 11.7 Å². The van der Waals surface area contributed by atoms with Gasteiger partial charge in [-0.25, -0.2) is 9.97 Å². The summed E-state index contributed by atoms with van der Waals surface area (Å²) in [6.45, 7) is 0. The Hall–Kier alpha value is -3.93. The third kappa shape index (κ3) is 3.69. The highest BCUT2D eigenvalue weighted by Crippen LogP contribution is 2.20. The van der Waals surface area contributed by atoms with Gasteiger partial charge in [-0.1, -0.05) is 12.1 Å². The van der Waals surface area contributed by atoms with Crippen LogP contribution in [0.25, 0.3) is 17.1 Å². The van der Waals surface area contributed by atoms with Gasteiger partial charge in [0.25, 0.3) is 5.91 Å². The minimum Gasteiger partial charge on any atom is -0.508 e. The standard InChI is InChI=1S/C21H16N4O2/c26-19-5-3-4-16(12-19)20-22-13-17(14-23-20)24-21(27)15-6-8-18(9-7-15)25-10-1-2-11-25/h1-14,26H,(H,24,27). The van der Waals surface area contributed by atoms with Crippen LogP contribution in [0.5, 0.6) is 5.75 Å². The Bertz CT molecular complexity index is 1060. The quantitative estimate of drug-likeness (QED) is 0.581. The Morgan fingerprint density at radius 3 is 2.30 bits per heavy atom. The number of hydrogen-bond acceptors (Lipinski definition) is 4. The van der Waals surface area contributed by atoms with Crippen molar-refractivity contribution >= 4 is 11.6 Å². The predicted octanol–water partition coefficient (Wildman–Crippen LogP) is 3.89. The molecule has 0 aliphatic rings. The smallest absolute Gasteiger partial charge is 0.255 e. The number of aromatic hydroxyl groups is 1.